The van der Waals surface area contributed by atoms with Gasteiger partial charge in [-0.3, -0.25) is 14.3 Å². The molecule has 96 valence electrons. The van der Waals surface area contributed by atoms with E-state index in [1.165, 1.54) is 11.7 Å². The summed E-state index contributed by atoms with van der Waals surface area (Å²) in [6.45, 7) is 3.25. The molecule has 0 aromatic carbocycles. The fourth-order valence-corrected chi connectivity index (χ4v) is 1.41. The molecule has 0 radical (unpaired) electrons. The van der Waals surface area contributed by atoms with Crippen molar-refractivity contribution in [2.24, 2.45) is 0 Å². The molecule has 0 spiro atoms. The summed E-state index contributed by atoms with van der Waals surface area (Å²) >= 11 is 0. The van der Waals surface area contributed by atoms with E-state index in [9.17, 15) is 9.59 Å². The summed E-state index contributed by atoms with van der Waals surface area (Å²) in [5.41, 5.74) is 5.02. The molecule has 0 amide bonds. The van der Waals surface area contributed by atoms with E-state index in [1.54, 1.807) is 0 Å². The van der Waals surface area contributed by atoms with E-state index >= 15 is 0 Å². The van der Waals surface area contributed by atoms with Crippen molar-refractivity contribution >= 4 is 11.5 Å². The number of nitrogens with one attached hydrogen (secondary N) is 2. The second-order valence-electron chi connectivity index (χ2n) is 3.59. The number of anilines is 2. The molecule has 7 heteroatoms. The van der Waals surface area contributed by atoms with Crippen LogP contribution in [0.2, 0.25) is 0 Å². The van der Waals surface area contributed by atoms with E-state index in [0.717, 1.165) is 6.42 Å². The lowest BCUT2D eigenvalue weighted by Gasteiger charge is -2.12. The average molecular weight is 242 g/mol. The van der Waals surface area contributed by atoms with Crippen molar-refractivity contribution < 1.29 is 4.74 Å². The molecule has 1 aromatic heterocycles. The Hall–Kier alpha value is -1.76. The van der Waals surface area contributed by atoms with E-state index in [0.29, 0.717) is 19.7 Å². The molecule has 0 fully saturated rings. The van der Waals surface area contributed by atoms with Gasteiger partial charge in [0.1, 0.15) is 11.5 Å². The van der Waals surface area contributed by atoms with Crippen LogP contribution in [0.4, 0.5) is 11.5 Å². The summed E-state index contributed by atoms with van der Waals surface area (Å²) in [6.07, 6.45) is 0.857. The molecule has 1 rings (SSSR count). The van der Waals surface area contributed by atoms with E-state index < -0.39 is 11.2 Å². The summed E-state index contributed by atoms with van der Waals surface area (Å²) in [5.74, 6) is 0.143. The molecule has 0 aliphatic rings. The van der Waals surface area contributed by atoms with Gasteiger partial charge in [-0.1, -0.05) is 6.92 Å². The van der Waals surface area contributed by atoms with Crippen LogP contribution in [0.15, 0.2) is 9.59 Å². The number of aromatic amines is 1. The van der Waals surface area contributed by atoms with Gasteiger partial charge in [-0.25, -0.2) is 4.79 Å². The first-order valence-corrected chi connectivity index (χ1v) is 5.47. The zero-order valence-electron chi connectivity index (χ0n) is 10.1. The molecule has 17 heavy (non-hydrogen) atoms. The highest BCUT2D eigenvalue weighted by Gasteiger charge is 2.11. The maximum absolute atomic E-state index is 11.6. The van der Waals surface area contributed by atoms with E-state index in [4.69, 9.17) is 10.5 Å². The normalized spacial score (nSPS) is 10.5. The molecule has 0 aliphatic carbocycles. The van der Waals surface area contributed by atoms with Gasteiger partial charge in [0.15, 0.2) is 0 Å². The third kappa shape index (κ3) is 3.10. The first-order valence-electron chi connectivity index (χ1n) is 5.47. The summed E-state index contributed by atoms with van der Waals surface area (Å²) < 4.78 is 6.16. The van der Waals surface area contributed by atoms with Crippen molar-refractivity contribution in [2.75, 3.05) is 31.3 Å². The van der Waals surface area contributed by atoms with Gasteiger partial charge >= 0.3 is 5.69 Å². The number of rotatable bonds is 6. The Bertz CT molecular complexity index is 437. The fraction of sp³-hybridized carbons (Fsp3) is 0.600. The minimum atomic E-state index is -0.522. The Morgan fingerprint density at radius 2 is 2.18 bits per heavy atom. The molecule has 7 nitrogen and oxygen atoms in total. The van der Waals surface area contributed by atoms with Crippen LogP contribution < -0.4 is 22.3 Å². The van der Waals surface area contributed by atoms with Crippen LogP contribution in [0.25, 0.3) is 0 Å². The molecule has 0 atom stereocenters. The van der Waals surface area contributed by atoms with Crippen LogP contribution in [0.5, 0.6) is 0 Å². The van der Waals surface area contributed by atoms with Gasteiger partial charge in [-0.2, -0.15) is 0 Å². The molecule has 4 N–H and O–H groups in total. The maximum Gasteiger partial charge on any atom is 0.330 e. The summed E-state index contributed by atoms with van der Waals surface area (Å²) in [7, 11) is 1.53. The Balaban J connectivity index is 3.13. The molecule has 0 unspecified atom stereocenters. The quantitative estimate of drug-likeness (QED) is 0.629. The minimum absolute atomic E-state index is 0.143. The van der Waals surface area contributed by atoms with Crippen LogP contribution in [0.3, 0.4) is 0 Å². The lowest BCUT2D eigenvalue weighted by Crippen LogP contribution is -2.35. The zero-order valence-corrected chi connectivity index (χ0v) is 10.1. The van der Waals surface area contributed by atoms with Gasteiger partial charge < -0.3 is 15.8 Å². The molecule has 0 saturated carbocycles. The molecule has 1 aromatic rings. The lowest BCUT2D eigenvalue weighted by atomic mass is 10.4. The number of hydrogen-bond acceptors (Lipinski definition) is 5. The summed E-state index contributed by atoms with van der Waals surface area (Å²) in [6, 6.07) is 0. The molecule has 1 heterocycles. The standard InChI is InChI=1S/C10H18N4O3/c1-3-4-12-7-8(11)14(5-6-17-2)10(16)13-9(7)15/h12H,3-6,11H2,1-2H3,(H,13,15,16). The highest BCUT2D eigenvalue weighted by Crippen LogP contribution is 2.09. The van der Waals surface area contributed by atoms with Gasteiger partial charge in [-0.15, -0.1) is 0 Å². The van der Waals surface area contributed by atoms with Gasteiger partial charge in [-0.05, 0) is 6.42 Å². The van der Waals surface area contributed by atoms with Crippen molar-refractivity contribution in [3.63, 3.8) is 0 Å². The van der Waals surface area contributed by atoms with Crippen molar-refractivity contribution in [1.29, 1.82) is 0 Å². The average Bonchev–Trinajstić information content (AvgIpc) is 2.28. The number of nitrogen functional groups attached to an aromatic ring is 1. The third-order valence-electron chi connectivity index (χ3n) is 2.31. The summed E-state index contributed by atoms with van der Waals surface area (Å²) in [4.78, 5) is 25.3. The maximum atomic E-state index is 11.6. The van der Waals surface area contributed by atoms with Gasteiger partial charge in [0.05, 0.1) is 13.2 Å². The van der Waals surface area contributed by atoms with Gasteiger partial charge in [0.25, 0.3) is 5.56 Å². The number of hydrogen-bond donors (Lipinski definition) is 3. The van der Waals surface area contributed by atoms with Crippen LogP contribution >= 0.6 is 0 Å². The largest absolute Gasteiger partial charge is 0.383 e. The Kier molecular flexibility index (Phi) is 4.77. The van der Waals surface area contributed by atoms with E-state index in [-0.39, 0.29) is 11.5 Å². The molecule has 0 saturated heterocycles. The number of ether oxygens (including phenoxy) is 1. The van der Waals surface area contributed by atoms with Crippen molar-refractivity contribution in [3.8, 4) is 0 Å². The van der Waals surface area contributed by atoms with E-state index in [1.807, 2.05) is 6.92 Å². The van der Waals surface area contributed by atoms with Crippen molar-refractivity contribution in [1.82, 2.24) is 9.55 Å². The first kappa shape index (κ1) is 13.3. The smallest absolute Gasteiger partial charge is 0.330 e. The number of nitrogens with two attached hydrogens (primary N) is 1. The van der Waals surface area contributed by atoms with Crippen molar-refractivity contribution in [3.05, 3.63) is 20.8 Å². The van der Waals surface area contributed by atoms with E-state index in [2.05, 4.69) is 10.3 Å². The van der Waals surface area contributed by atoms with Crippen LogP contribution in [-0.4, -0.2) is 29.8 Å². The van der Waals surface area contributed by atoms with Gasteiger partial charge in [0, 0.05) is 13.7 Å². The third-order valence-corrected chi connectivity index (χ3v) is 2.31. The molecule has 0 aliphatic heterocycles. The molecular weight excluding hydrogens is 224 g/mol. The number of H-pyrrole nitrogens is 1. The Morgan fingerprint density at radius 1 is 1.47 bits per heavy atom. The topological polar surface area (TPSA) is 102 Å². The summed E-state index contributed by atoms with van der Waals surface area (Å²) in [5, 5.41) is 2.91. The van der Waals surface area contributed by atoms with Crippen LogP contribution in [0.1, 0.15) is 13.3 Å². The predicted molar refractivity (Wildman–Crippen MR) is 66.4 cm³/mol. The number of aromatic nitrogens is 2. The number of methoxy groups -OCH3 is 1. The minimum Gasteiger partial charge on any atom is -0.383 e. The lowest BCUT2D eigenvalue weighted by molar-refractivity contribution is 0.186. The van der Waals surface area contributed by atoms with Crippen LogP contribution in [0, 0.1) is 0 Å². The second kappa shape index (κ2) is 6.09. The predicted octanol–water partition coefficient (Wildman–Crippen LogP) is -0.413. The highest BCUT2D eigenvalue weighted by atomic mass is 16.5. The molecular formula is C10H18N4O3. The number of nitrogens with zero attached hydrogens (tertiary/aromatic N) is 1. The molecule has 0 bridgehead atoms. The van der Waals surface area contributed by atoms with Crippen LogP contribution in [-0.2, 0) is 11.3 Å². The Labute approximate surface area is 98.6 Å². The SMILES string of the molecule is CCCNc1c(N)n(CCOC)c(=O)[nH]c1=O. The van der Waals surface area contributed by atoms with Crippen molar-refractivity contribution in [2.45, 2.75) is 19.9 Å². The first-order chi connectivity index (χ1) is 8.11. The fourth-order valence-electron chi connectivity index (χ4n) is 1.41. The highest BCUT2D eigenvalue weighted by molar-refractivity contribution is 5.60. The Morgan fingerprint density at radius 3 is 2.76 bits per heavy atom. The zero-order chi connectivity index (χ0) is 12.8. The van der Waals surface area contributed by atoms with Gasteiger partial charge in [0.2, 0.25) is 0 Å². The second-order valence-corrected chi connectivity index (χ2v) is 3.59. The monoisotopic (exact) mass is 242 g/mol.